The summed E-state index contributed by atoms with van der Waals surface area (Å²) in [6.07, 6.45) is 6.92. The predicted octanol–water partition coefficient (Wildman–Crippen LogP) is 5.72. The van der Waals surface area contributed by atoms with Crippen LogP contribution in [0.15, 0.2) is 28.9 Å². The molecule has 0 bridgehead atoms. The van der Waals surface area contributed by atoms with E-state index < -0.39 is 17.0 Å². The molecule has 1 heterocycles. The number of hydrogen-bond acceptors (Lipinski definition) is 3. The Morgan fingerprint density at radius 3 is 2.34 bits per heavy atom. The minimum Gasteiger partial charge on any atom is -0.481 e. The van der Waals surface area contributed by atoms with Crippen LogP contribution in [0.5, 0.6) is 0 Å². The molecule has 7 heteroatoms. The second kappa shape index (κ2) is 8.24. The summed E-state index contributed by atoms with van der Waals surface area (Å²) >= 11 is 3.63. The third-order valence-electron chi connectivity index (χ3n) is 7.72. The Balaban J connectivity index is 1.49. The third kappa shape index (κ3) is 4.03. The average molecular weight is 505 g/mol. The Morgan fingerprint density at radius 2 is 1.78 bits per heavy atom. The number of aliphatic carboxylic acids is 1. The number of carboxylic acid groups (broad SMARTS) is 1. The molecule has 0 atom stereocenters. The van der Waals surface area contributed by atoms with Gasteiger partial charge in [-0.25, -0.2) is 9.37 Å². The fourth-order valence-corrected chi connectivity index (χ4v) is 5.49. The Kier molecular flexibility index (Phi) is 5.69. The molecule has 1 N–H and O–H groups in total. The van der Waals surface area contributed by atoms with E-state index in [1.165, 1.54) is 37.8 Å². The van der Waals surface area contributed by atoms with Gasteiger partial charge in [0.1, 0.15) is 21.8 Å². The molecule has 0 spiro atoms. The van der Waals surface area contributed by atoms with Crippen molar-refractivity contribution in [1.29, 1.82) is 0 Å². The zero-order valence-corrected chi connectivity index (χ0v) is 20.0. The van der Waals surface area contributed by atoms with Gasteiger partial charge >= 0.3 is 5.97 Å². The molecule has 0 radical (unpaired) electrons. The zero-order chi connectivity index (χ0) is 22.5. The van der Waals surface area contributed by atoms with Crippen LogP contribution in [0.1, 0.15) is 68.4 Å². The molecular weight excluding hydrogens is 475 g/mol. The number of aromatic nitrogens is 2. The molecule has 32 heavy (non-hydrogen) atoms. The van der Waals surface area contributed by atoms with Crippen LogP contribution in [0.25, 0.3) is 0 Å². The van der Waals surface area contributed by atoms with Gasteiger partial charge in [-0.05, 0) is 104 Å². The Bertz CT molecular complexity index is 1000. The summed E-state index contributed by atoms with van der Waals surface area (Å²) in [6, 6.07) is 5.95. The maximum absolute atomic E-state index is 13.5. The molecule has 0 amide bonds. The highest BCUT2D eigenvalue weighted by Crippen LogP contribution is 2.51. The van der Waals surface area contributed by atoms with E-state index in [-0.39, 0.29) is 5.82 Å². The molecule has 2 aromatic rings. The third-order valence-corrected chi connectivity index (χ3v) is 8.47. The van der Waals surface area contributed by atoms with Crippen molar-refractivity contribution in [3.8, 4) is 0 Å². The summed E-state index contributed by atoms with van der Waals surface area (Å²) in [7, 11) is 0. The molecule has 3 aliphatic carbocycles. The maximum Gasteiger partial charge on any atom is 0.314 e. The normalized spacial score (nSPS) is 28.1. The van der Waals surface area contributed by atoms with Gasteiger partial charge in [0.15, 0.2) is 0 Å². The fourth-order valence-electron chi connectivity index (χ4n) is 5.10. The number of hydrogen-bond donors (Lipinski definition) is 1. The van der Waals surface area contributed by atoms with Crippen LogP contribution in [0.2, 0.25) is 0 Å². The Labute approximate surface area is 196 Å². The van der Waals surface area contributed by atoms with E-state index >= 15 is 0 Å². The largest absolute Gasteiger partial charge is 0.481 e. The molecule has 0 aliphatic heterocycles. The Hall–Kier alpha value is -1.73. The van der Waals surface area contributed by atoms with E-state index in [9.17, 15) is 14.3 Å². The van der Waals surface area contributed by atoms with Crippen LogP contribution in [-0.4, -0.2) is 27.2 Å². The van der Waals surface area contributed by atoms with Crippen LogP contribution in [0.3, 0.4) is 0 Å². The van der Waals surface area contributed by atoms with Gasteiger partial charge in [-0.15, -0.1) is 0 Å². The fraction of sp³-hybridized carbons (Fsp3) is 0.600. The van der Waals surface area contributed by atoms with Crippen molar-refractivity contribution in [3.05, 3.63) is 51.8 Å². The maximum atomic E-state index is 13.5. The van der Waals surface area contributed by atoms with Crippen LogP contribution in [0, 0.1) is 24.6 Å². The summed E-state index contributed by atoms with van der Waals surface area (Å²) in [5.41, 5.74) is 0.156. The second-order valence-corrected chi connectivity index (χ2v) is 10.8. The topological polar surface area (TPSA) is 64.3 Å². The van der Waals surface area contributed by atoms with E-state index in [1.54, 1.807) is 12.1 Å². The number of benzene rings is 1. The van der Waals surface area contributed by atoms with Crippen molar-refractivity contribution >= 4 is 21.9 Å². The van der Waals surface area contributed by atoms with Crippen molar-refractivity contribution in [1.82, 2.24) is 9.55 Å². The summed E-state index contributed by atoms with van der Waals surface area (Å²) in [5.74, 6) is 1.03. The molecule has 3 saturated carbocycles. The summed E-state index contributed by atoms with van der Waals surface area (Å²) in [4.78, 5) is 17.4. The minimum absolute atomic E-state index is 0.352. The van der Waals surface area contributed by atoms with Gasteiger partial charge < -0.3 is 14.4 Å². The summed E-state index contributed by atoms with van der Waals surface area (Å²) in [5, 5.41) is 10.2. The van der Waals surface area contributed by atoms with Crippen molar-refractivity contribution < 1.29 is 19.0 Å². The number of ether oxygens (including phenoxy) is 1. The molecule has 0 unspecified atom stereocenters. The molecule has 3 fully saturated rings. The average Bonchev–Trinajstić information content (AvgIpc) is 3.70. The summed E-state index contributed by atoms with van der Waals surface area (Å²) < 4.78 is 23.3. The lowest BCUT2D eigenvalue weighted by molar-refractivity contribution is -0.151. The minimum atomic E-state index is -1.03. The highest BCUT2D eigenvalue weighted by molar-refractivity contribution is 9.10. The molecule has 3 aliphatic rings. The number of carboxylic acids is 1. The van der Waals surface area contributed by atoms with Gasteiger partial charge in [-0.1, -0.05) is 12.1 Å². The number of rotatable bonds is 8. The van der Waals surface area contributed by atoms with Crippen molar-refractivity contribution in [2.45, 2.75) is 75.9 Å². The van der Waals surface area contributed by atoms with E-state index in [1.807, 2.05) is 0 Å². The molecule has 5 rings (SSSR count). The van der Waals surface area contributed by atoms with Crippen LogP contribution < -0.4 is 0 Å². The summed E-state index contributed by atoms with van der Waals surface area (Å²) in [6.45, 7) is 3.72. The lowest BCUT2D eigenvalue weighted by atomic mass is 9.65. The van der Waals surface area contributed by atoms with E-state index in [0.29, 0.717) is 49.7 Å². The standard InChI is InChI=1S/C25H30BrFN2O3/c1-16-21(26)28-22(29(16)14-17-2-3-17)25(32-15-18-4-5-18)12-10-24(11-13-25,23(30)31)19-6-8-20(27)9-7-19/h6-9,17-18H,2-5,10-15H2,1H3,(H,30,31). The molecule has 5 nitrogen and oxygen atoms in total. The molecule has 1 aromatic carbocycles. The molecule has 1 aromatic heterocycles. The number of carbonyl (C=O) groups is 1. The van der Waals surface area contributed by atoms with Gasteiger partial charge in [0.2, 0.25) is 0 Å². The first-order valence-electron chi connectivity index (χ1n) is 11.7. The zero-order valence-electron chi connectivity index (χ0n) is 18.4. The molecular formula is C25H30BrFN2O3. The van der Waals surface area contributed by atoms with E-state index in [2.05, 4.69) is 27.4 Å². The van der Waals surface area contributed by atoms with E-state index in [4.69, 9.17) is 9.72 Å². The van der Waals surface area contributed by atoms with Gasteiger partial charge in [0.25, 0.3) is 0 Å². The predicted molar refractivity (Wildman–Crippen MR) is 122 cm³/mol. The first-order valence-corrected chi connectivity index (χ1v) is 12.5. The van der Waals surface area contributed by atoms with Crippen LogP contribution >= 0.6 is 15.9 Å². The van der Waals surface area contributed by atoms with Crippen molar-refractivity contribution in [2.75, 3.05) is 6.61 Å². The first-order chi connectivity index (χ1) is 15.3. The van der Waals surface area contributed by atoms with Gasteiger partial charge in [-0.2, -0.15) is 0 Å². The van der Waals surface area contributed by atoms with Crippen molar-refractivity contribution in [3.63, 3.8) is 0 Å². The van der Waals surface area contributed by atoms with Crippen molar-refractivity contribution in [2.24, 2.45) is 11.8 Å². The van der Waals surface area contributed by atoms with Gasteiger partial charge in [-0.3, -0.25) is 4.79 Å². The lowest BCUT2D eigenvalue weighted by Gasteiger charge is -2.44. The first kappa shape index (κ1) is 22.1. The number of nitrogens with zero attached hydrogens (tertiary/aromatic N) is 2. The Morgan fingerprint density at radius 1 is 1.16 bits per heavy atom. The molecule has 172 valence electrons. The SMILES string of the molecule is Cc1c(Br)nc(C2(OCC3CC3)CCC(C(=O)O)(c3ccc(F)cc3)CC2)n1CC1CC1. The number of imidazole rings is 1. The van der Waals surface area contributed by atoms with E-state index in [0.717, 1.165) is 22.7 Å². The molecule has 0 saturated heterocycles. The highest BCUT2D eigenvalue weighted by atomic mass is 79.9. The lowest BCUT2D eigenvalue weighted by Crippen LogP contribution is -2.47. The highest BCUT2D eigenvalue weighted by Gasteiger charge is 2.52. The van der Waals surface area contributed by atoms with Gasteiger partial charge in [0, 0.05) is 12.2 Å². The quantitative estimate of drug-likeness (QED) is 0.499. The smallest absolute Gasteiger partial charge is 0.314 e. The monoisotopic (exact) mass is 504 g/mol. The number of halogens is 2. The second-order valence-electron chi connectivity index (χ2n) is 10.0. The van der Waals surface area contributed by atoms with Crippen LogP contribution in [-0.2, 0) is 27.1 Å². The van der Waals surface area contributed by atoms with Crippen LogP contribution in [0.4, 0.5) is 4.39 Å². The van der Waals surface area contributed by atoms with Gasteiger partial charge in [0.05, 0.1) is 12.0 Å².